The van der Waals surface area contributed by atoms with Gasteiger partial charge in [0.25, 0.3) is 0 Å². The van der Waals surface area contributed by atoms with Gasteiger partial charge in [-0.05, 0) is 51.4 Å². The predicted molar refractivity (Wildman–Crippen MR) is 258 cm³/mol. The van der Waals surface area contributed by atoms with Crippen molar-refractivity contribution in [2.75, 3.05) is 19.8 Å². The maximum atomic E-state index is 12.7. The first-order chi connectivity index (χ1) is 30.6. The van der Waals surface area contributed by atoms with Crippen molar-refractivity contribution >= 4 is 25.7 Å². The van der Waals surface area contributed by atoms with Crippen molar-refractivity contribution in [1.82, 2.24) is 0 Å². The van der Waals surface area contributed by atoms with Gasteiger partial charge < -0.3 is 25.2 Å². The number of rotatable bonds is 47. The second kappa shape index (κ2) is 46.0. The topological polar surface area (TPSA) is 172 Å². The summed E-state index contributed by atoms with van der Waals surface area (Å²) in [6, 6.07) is -1.52. The highest BCUT2D eigenvalue weighted by Crippen LogP contribution is 2.43. The van der Waals surface area contributed by atoms with Gasteiger partial charge in [0, 0.05) is 12.8 Å². The van der Waals surface area contributed by atoms with Crippen LogP contribution in [0.4, 0.5) is 0 Å². The first kappa shape index (κ1) is 60.4. The highest BCUT2D eigenvalue weighted by molar-refractivity contribution is 7.47. The third kappa shape index (κ3) is 45.8. The Bertz CT molecular complexity index is 1250. The van der Waals surface area contributed by atoms with Gasteiger partial charge >= 0.3 is 25.7 Å². The monoisotopic (exact) mass is 910 g/mol. The number of esters is 2. The van der Waals surface area contributed by atoms with Crippen LogP contribution >= 0.6 is 7.82 Å². The van der Waals surface area contributed by atoms with E-state index in [-0.39, 0.29) is 19.4 Å². The average Bonchev–Trinajstić information content (AvgIpc) is 3.26. The third-order valence-corrected chi connectivity index (χ3v) is 11.8. The van der Waals surface area contributed by atoms with E-state index in [0.717, 1.165) is 83.5 Å². The molecule has 0 amide bonds. The Morgan fingerprint density at radius 1 is 0.508 bits per heavy atom. The van der Waals surface area contributed by atoms with Gasteiger partial charge in [0.2, 0.25) is 0 Å². The summed E-state index contributed by atoms with van der Waals surface area (Å²) >= 11 is 0. The third-order valence-electron chi connectivity index (χ3n) is 10.8. The number of allylic oxidation sites excluding steroid dienone is 8. The highest BCUT2D eigenvalue weighted by Gasteiger charge is 2.28. The second-order valence-corrected chi connectivity index (χ2v) is 18.4. The summed E-state index contributed by atoms with van der Waals surface area (Å²) in [5, 5.41) is 8.92. The summed E-state index contributed by atoms with van der Waals surface area (Å²) in [5.41, 5.74) is 5.35. The zero-order chi connectivity index (χ0) is 46.3. The van der Waals surface area contributed by atoms with Crippen LogP contribution < -0.4 is 5.73 Å². The number of nitrogens with two attached hydrogens (primary N) is 1. The van der Waals surface area contributed by atoms with Crippen molar-refractivity contribution in [2.45, 2.75) is 238 Å². The smallest absolute Gasteiger partial charge is 0.472 e. The summed E-state index contributed by atoms with van der Waals surface area (Å²) in [7, 11) is -4.73. The molecular formula is C51H92NO10P. The van der Waals surface area contributed by atoms with Crippen molar-refractivity contribution in [1.29, 1.82) is 0 Å². The van der Waals surface area contributed by atoms with Gasteiger partial charge in [-0.3, -0.25) is 23.4 Å². The van der Waals surface area contributed by atoms with Gasteiger partial charge in [-0.15, -0.1) is 0 Å². The first-order valence-corrected chi connectivity index (χ1v) is 26.7. The number of phosphoric ester groups is 1. The molecule has 0 saturated heterocycles. The average molecular weight is 910 g/mol. The largest absolute Gasteiger partial charge is 0.480 e. The lowest BCUT2D eigenvalue weighted by Gasteiger charge is -2.20. The van der Waals surface area contributed by atoms with Gasteiger partial charge in [0.1, 0.15) is 12.6 Å². The Kier molecular flexibility index (Phi) is 44.1. The van der Waals surface area contributed by atoms with Gasteiger partial charge in [-0.25, -0.2) is 4.57 Å². The summed E-state index contributed by atoms with van der Waals surface area (Å²) in [6.45, 7) is 2.71. The van der Waals surface area contributed by atoms with E-state index in [4.69, 9.17) is 24.8 Å². The second-order valence-electron chi connectivity index (χ2n) is 16.9. The van der Waals surface area contributed by atoms with E-state index >= 15 is 0 Å². The number of carbonyl (C=O) groups excluding carboxylic acids is 2. The molecule has 0 aromatic carbocycles. The van der Waals surface area contributed by atoms with Gasteiger partial charge in [-0.1, -0.05) is 210 Å². The molecule has 0 aromatic heterocycles. The fourth-order valence-electron chi connectivity index (χ4n) is 6.94. The van der Waals surface area contributed by atoms with Crippen molar-refractivity contribution in [3.63, 3.8) is 0 Å². The molecule has 0 aliphatic carbocycles. The maximum absolute atomic E-state index is 12.7. The lowest BCUT2D eigenvalue weighted by molar-refractivity contribution is -0.161. The number of hydrogen-bond acceptors (Lipinski definition) is 9. The molecule has 4 N–H and O–H groups in total. The fraction of sp³-hybridized carbons (Fsp3) is 0.784. The van der Waals surface area contributed by atoms with Crippen molar-refractivity contribution in [3.8, 4) is 0 Å². The fourth-order valence-corrected chi connectivity index (χ4v) is 7.72. The number of carboxylic acid groups (broad SMARTS) is 1. The quantitative estimate of drug-likeness (QED) is 0.0230. The number of carboxylic acids is 1. The summed E-state index contributed by atoms with van der Waals surface area (Å²) in [5.74, 6) is -2.39. The van der Waals surface area contributed by atoms with Crippen LogP contribution in [0.25, 0.3) is 0 Å². The van der Waals surface area contributed by atoms with E-state index < -0.39 is 51.1 Å². The number of phosphoric acid groups is 1. The number of aliphatic carboxylic acids is 1. The molecule has 0 bridgehead atoms. The molecule has 366 valence electrons. The normalized spacial score (nSPS) is 14.0. The van der Waals surface area contributed by atoms with Crippen LogP contribution in [0, 0.1) is 0 Å². The molecule has 3 atom stereocenters. The summed E-state index contributed by atoms with van der Waals surface area (Å²) in [6.07, 6.45) is 53.1. The minimum absolute atomic E-state index is 0.145. The number of ether oxygens (including phenoxy) is 2. The van der Waals surface area contributed by atoms with Crippen LogP contribution in [0.2, 0.25) is 0 Å². The maximum Gasteiger partial charge on any atom is 0.472 e. The molecular weight excluding hydrogens is 818 g/mol. The zero-order valence-electron chi connectivity index (χ0n) is 39.9. The SMILES string of the molecule is CC/C=C\C/C=C\C/C=C\C/C=C\CCCCCCCCC(=O)OC(COC(=O)CCCCCCCCCCCCCCCCCCCCCC)COP(=O)(O)OCC(N)C(=O)O. The van der Waals surface area contributed by atoms with E-state index in [0.29, 0.717) is 12.8 Å². The molecule has 0 fully saturated rings. The Hall–Kier alpha value is -2.56. The first-order valence-electron chi connectivity index (χ1n) is 25.2. The Labute approximate surface area is 384 Å². The van der Waals surface area contributed by atoms with E-state index in [1.165, 1.54) is 103 Å². The lowest BCUT2D eigenvalue weighted by Crippen LogP contribution is -2.34. The van der Waals surface area contributed by atoms with E-state index in [2.05, 4.69) is 67.0 Å². The molecule has 0 spiro atoms. The van der Waals surface area contributed by atoms with Crippen molar-refractivity contribution < 1.29 is 47.5 Å². The van der Waals surface area contributed by atoms with Crippen LogP contribution in [0.15, 0.2) is 48.6 Å². The van der Waals surface area contributed by atoms with Crippen LogP contribution in [-0.4, -0.2) is 59.9 Å². The minimum Gasteiger partial charge on any atom is -0.480 e. The Morgan fingerprint density at radius 2 is 0.889 bits per heavy atom. The number of carbonyl (C=O) groups is 3. The Balaban J connectivity index is 4.27. The van der Waals surface area contributed by atoms with Crippen molar-refractivity contribution in [3.05, 3.63) is 48.6 Å². The zero-order valence-corrected chi connectivity index (χ0v) is 40.8. The molecule has 0 heterocycles. The number of unbranched alkanes of at least 4 members (excludes halogenated alkanes) is 25. The molecule has 0 aliphatic rings. The van der Waals surface area contributed by atoms with Crippen LogP contribution in [0.5, 0.6) is 0 Å². The summed E-state index contributed by atoms with van der Waals surface area (Å²) < 4.78 is 32.8. The molecule has 0 saturated carbocycles. The molecule has 0 radical (unpaired) electrons. The lowest BCUT2D eigenvalue weighted by atomic mass is 10.0. The van der Waals surface area contributed by atoms with Crippen LogP contribution in [-0.2, 0) is 37.5 Å². The highest BCUT2D eigenvalue weighted by atomic mass is 31.2. The molecule has 0 rings (SSSR count). The van der Waals surface area contributed by atoms with Gasteiger partial charge in [0.05, 0.1) is 13.2 Å². The standard InChI is InChI=1S/C51H92NO10P/c1-3-5-7-9-11-13-15-17-19-21-23-25-26-28-30-32-34-36-38-40-42-49(53)59-44-47(45-60-63(57,58)61-46-48(52)51(55)56)62-50(54)43-41-39-37-35-33-31-29-27-24-22-20-18-16-14-12-10-8-6-4-2/h6,8,12,14,18,20,24,27,47-48H,3-5,7,9-11,13,15-17,19,21-23,25-26,28-46,52H2,1-2H3,(H,55,56)(H,57,58)/b8-6-,14-12-,20-18-,27-24-. The van der Waals surface area contributed by atoms with Gasteiger partial charge in [0.15, 0.2) is 6.10 Å². The molecule has 0 aliphatic heterocycles. The molecule has 63 heavy (non-hydrogen) atoms. The van der Waals surface area contributed by atoms with E-state index in [9.17, 15) is 23.8 Å². The van der Waals surface area contributed by atoms with Crippen LogP contribution in [0.1, 0.15) is 226 Å². The van der Waals surface area contributed by atoms with Gasteiger partial charge in [-0.2, -0.15) is 0 Å². The van der Waals surface area contributed by atoms with E-state index in [1.807, 2.05) is 0 Å². The molecule has 0 aromatic rings. The van der Waals surface area contributed by atoms with E-state index in [1.54, 1.807) is 0 Å². The number of hydrogen-bond donors (Lipinski definition) is 3. The Morgan fingerprint density at radius 3 is 1.33 bits per heavy atom. The molecule has 11 nitrogen and oxygen atoms in total. The van der Waals surface area contributed by atoms with Crippen LogP contribution in [0.3, 0.4) is 0 Å². The predicted octanol–water partition coefficient (Wildman–Crippen LogP) is 14.1. The molecule has 3 unspecified atom stereocenters. The van der Waals surface area contributed by atoms with Crippen molar-refractivity contribution in [2.24, 2.45) is 5.73 Å². The minimum atomic E-state index is -4.73. The molecule has 12 heteroatoms. The summed E-state index contributed by atoms with van der Waals surface area (Å²) in [4.78, 5) is 46.2.